The van der Waals surface area contributed by atoms with Crippen LogP contribution in [0.15, 0.2) is 0 Å². The van der Waals surface area contributed by atoms with E-state index in [0.29, 0.717) is 6.54 Å². The number of hydrogen-bond acceptors (Lipinski definition) is 3. The summed E-state index contributed by atoms with van der Waals surface area (Å²) in [4.78, 5) is 13.7. The molecule has 0 spiro atoms. The minimum Gasteiger partial charge on any atom is -0.369 e. The number of amides is 1. The predicted octanol–water partition coefficient (Wildman–Crippen LogP) is 1.48. The molecule has 0 aromatic rings. The Morgan fingerprint density at radius 2 is 1.83 bits per heavy atom. The fourth-order valence-corrected chi connectivity index (χ4v) is 3.11. The predicted molar refractivity (Wildman–Crippen MR) is 75.1 cm³/mol. The SMILES string of the molecule is CCN(CC(C)C(N)=O)C1(CN)CCCCCC1. The van der Waals surface area contributed by atoms with Crippen LogP contribution in [-0.2, 0) is 4.79 Å². The van der Waals surface area contributed by atoms with Crippen LogP contribution in [-0.4, -0.2) is 36.0 Å². The molecular weight excluding hydrogens is 226 g/mol. The second-order valence-electron chi connectivity index (χ2n) is 5.68. The maximum atomic E-state index is 11.3. The van der Waals surface area contributed by atoms with Gasteiger partial charge in [-0.25, -0.2) is 0 Å². The zero-order valence-electron chi connectivity index (χ0n) is 12.0. The zero-order chi connectivity index (χ0) is 13.6. The number of rotatable bonds is 6. The Hall–Kier alpha value is -0.610. The number of likely N-dealkylation sites (N-methyl/N-ethyl adjacent to an activating group) is 1. The quantitative estimate of drug-likeness (QED) is 0.706. The second kappa shape index (κ2) is 7.10. The van der Waals surface area contributed by atoms with Crippen molar-refractivity contribution < 1.29 is 4.79 Å². The Morgan fingerprint density at radius 3 is 2.22 bits per heavy atom. The Kier molecular flexibility index (Phi) is 6.09. The van der Waals surface area contributed by atoms with Gasteiger partial charge in [0.25, 0.3) is 0 Å². The van der Waals surface area contributed by atoms with E-state index >= 15 is 0 Å². The van der Waals surface area contributed by atoms with Crippen molar-refractivity contribution >= 4 is 5.91 Å². The first kappa shape index (κ1) is 15.4. The van der Waals surface area contributed by atoms with Crippen molar-refractivity contribution in [2.24, 2.45) is 17.4 Å². The van der Waals surface area contributed by atoms with E-state index < -0.39 is 0 Å². The van der Waals surface area contributed by atoms with Crippen molar-refractivity contribution in [3.8, 4) is 0 Å². The molecule has 18 heavy (non-hydrogen) atoms. The van der Waals surface area contributed by atoms with Crippen LogP contribution >= 0.6 is 0 Å². The zero-order valence-corrected chi connectivity index (χ0v) is 12.0. The van der Waals surface area contributed by atoms with Gasteiger partial charge < -0.3 is 11.5 Å². The van der Waals surface area contributed by atoms with E-state index in [2.05, 4.69) is 11.8 Å². The number of primary amides is 1. The summed E-state index contributed by atoms with van der Waals surface area (Å²) in [6.07, 6.45) is 7.43. The highest BCUT2D eigenvalue weighted by atomic mass is 16.1. The summed E-state index contributed by atoms with van der Waals surface area (Å²) in [6.45, 7) is 6.42. The largest absolute Gasteiger partial charge is 0.369 e. The minimum atomic E-state index is -0.214. The molecule has 0 heterocycles. The van der Waals surface area contributed by atoms with E-state index in [0.717, 1.165) is 25.9 Å². The molecule has 0 radical (unpaired) electrons. The van der Waals surface area contributed by atoms with Crippen LogP contribution in [0.1, 0.15) is 52.4 Å². The van der Waals surface area contributed by atoms with Crippen molar-refractivity contribution in [3.63, 3.8) is 0 Å². The van der Waals surface area contributed by atoms with Crippen LogP contribution in [0.4, 0.5) is 0 Å². The van der Waals surface area contributed by atoms with Gasteiger partial charge in [-0.15, -0.1) is 0 Å². The Labute approximate surface area is 111 Å². The molecule has 106 valence electrons. The molecular formula is C14H29N3O. The number of nitrogens with two attached hydrogens (primary N) is 2. The van der Waals surface area contributed by atoms with Crippen molar-refractivity contribution in [1.29, 1.82) is 0 Å². The van der Waals surface area contributed by atoms with Crippen LogP contribution in [0.2, 0.25) is 0 Å². The van der Waals surface area contributed by atoms with Gasteiger partial charge in [0.15, 0.2) is 0 Å². The lowest BCUT2D eigenvalue weighted by Crippen LogP contribution is -2.55. The van der Waals surface area contributed by atoms with Crippen LogP contribution in [0.25, 0.3) is 0 Å². The van der Waals surface area contributed by atoms with Crippen molar-refractivity contribution in [2.45, 2.75) is 57.9 Å². The smallest absolute Gasteiger partial charge is 0.221 e. The van der Waals surface area contributed by atoms with E-state index in [1.165, 1.54) is 25.7 Å². The fraction of sp³-hybridized carbons (Fsp3) is 0.929. The van der Waals surface area contributed by atoms with Gasteiger partial charge in [0.05, 0.1) is 0 Å². The number of carbonyl (C=O) groups excluding carboxylic acids is 1. The average Bonchev–Trinajstić information content (AvgIpc) is 2.61. The molecule has 1 saturated carbocycles. The van der Waals surface area contributed by atoms with Gasteiger partial charge in [0, 0.05) is 24.5 Å². The third-order valence-corrected chi connectivity index (χ3v) is 4.45. The number of hydrogen-bond donors (Lipinski definition) is 2. The van der Waals surface area contributed by atoms with E-state index in [4.69, 9.17) is 11.5 Å². The van der Waals surface area contributed by atoms with Gasteiger partial charge in [-0.1, -0.05) is 39.5 Å². The summed E-state index contributed by atoms with van der Waals surface area (Å²) < 4.78 is 0. The lowest BCUT2D eigenvalue weighted by Gasteiger charge is -2.43. The molecule has 0 aromatic heterocycles. The molecule has 1 aliphatic carbocycles. The maximum absolute atomic E-state index is 11.3. The first-order chi connectivity index (χ1) is 8.55. The first-order valence-electron chi connectivity index (χ1n) is 7.30. The third kappa shape index (κ3) is 3.69. The summed E-state index contributed by atoms with van der Waals surface area (Å²) in [7, 11) is 0. The molecule has 1 unspecified atom stereocenters. The molecule has 4 nitrogen and oxygen atoms in total. The molecule has 0 bridgehead atoms. The van der Waals surface area contributed by atoms with E-state index in [1.807, 2.05) is 6.92 Å². The summed E-state index contributed by atoms with van der Waals surface area (Å²) in [5.74, 6) is -0.314. The van der Waals surface area contributed by atoms with Gasteiger partial charge in [-0.05, 0) is 19.4 Å². The van der Waals surface area contributed by atoms with E-state index in [-0.39, 0.29) is 17.4 Å². The molecule has 4 heteroatoms. The second-order valence-corrected chi connectivity index (χ2v) is 5.68. The topological polar surface area (TPSA) is 72.3 Å². The normalized spacial score (nSPS) is 21.6. The van der Waals surface area contributed by atoms with Gasteiger partial charge in [0.1, 0.15) is 0 Å². The Bertz CT molecular complexity index is 260. The Balaban J connectivity index is 2.77. The molecule has 1 rings (SSSR count). The number of nitrogens with zero attached hydrogens (tertiary/aromatic N) is 1. The average molecular weight is 255 g/mol. The van der Waals surface area contributed by atoms with Crippen molar-refractivity contribution in [3.05, 3.63) is 0 Å². The highest BCUT2D eigenvalue weighted by molar-refractivity contribution is 5.76. The monoisotopic (exact) mass is 255 g/mol. The summed E-state index contributed by atoms with van der Waals surface area (Å²) in [5.41, 5.74) is 11.6. The van der Waals surface area contributed by atoms with Crippen LogP contribution in [0.5, 0.6) is 0 Å². The summed E-state index contributed by atoms with van der Waals surface area (Å²) >= 11 is 0. The highest BCUT2D eigenvalue weighted by Crippen LogP contribution is 2.32. The molecule has 1 fully saturated rings. The molecule has 1 amide bonds. The highest BCUT2D eigenvalue weighted by Gasteiger charge is 2.35. The van der Waals surface area contributed by atoms with E-state index in [9.17, 15) is 4.79 Å². The minimum absolute atomic E-state index is 0.0922. The van der Waals surface area contributed by atoms with Crippen LogP contribution < -0.4 is 11.5 Å². The Morgan fingerprint density at radius 1 is 1.28 bits per heavy atom. The molecule has 0 saturated heterocycles. The standard InChI is InChI=1S/C14H29N3O/c1-3-17(10-12(2)13(16)18)14(11-15)8-6-4-5-7-9-14/h12H,3-11,15H2,1-2H3,(H2,16,18). The molecule has 0 aliphatic heterocycles. The van der Waals surface area contributed by atoms with Gasteiger partial charge in [0.2, 0.25) is 5.91 Å². The molecule has 1 atom stereocenters. The van der Waals surface area contributed by atoms with Crippen molar-refractivity contribution in [2.75, 3.05) is 19.6 Å². The molecule has 1 aliphatic rings. The summed E-state index contributed by atoms with van der Waals surface area (Å²) in [5, 5.41) is 0. The van der Waals surface area contributed by atoms with Crippen LogP contribution in [0, 0.1) is 5.92 Å². The van der Waals surface area contributed by atoms with Gasteiger partial charge in [-0.3, -0.25) is 9.69 Å². The molecule has 0 aromatic carbocycles. The van der Waals surface area contributed by atoms with Crippen molar-refractivity contribution in [1.82, 2.24) is 4.90 Å². The number of carbonyl (C=O) groups is 1. The maximum Gasteiger partial charge on any atom is 0.221 e. The van der Waals surface area contributed by atoms with Gasteiger partial charge in [-0.2, -0.15) is 0 Å². The fourth-order valence-electron chi connectivity index (χ4n) is 3.11. The lowest BCUT2D eigenvalue weighted by atomic mass is 9.87. The van der Waals surface area contributed by atoms with Crippen LogP contribution in [0.3, 0.4) is 0 Å². The third-order valence-electron chi connectivity index (χ3n) is 4.45. The lowest BCUT2D eigenvalue weighted by molar-refractivity contribution is -0.122. The van der Waals surface area contributed by atoms with Gasteiger partial charge >= 0.3 is 0 Å². The summed E-state index contributed by atoms with van der Waals surface area (Å²) in [6, 6.07) is 0. The molecule has 4 N–H and O–H groups in total. The van der Waals surface area contributed by atoms with E-state index in [1.54, 1.807) is 0 Å². The first-order valence-corrected chi connectivity index (χ1v) is 7.30.